The summed E-state index contributed by atoms with van der Waals surface area (Å²) in [5.74, 6) is 0.874. The minimum Gasteiger partial charge on any atom is -0.246 e. The van der Waals surface area contributed by atoms with Crippen LogP contribution in [0.3, 0.4) is 0 Å². The zero-order chi connectivity index (χ0) is 8.39. The highest BCUT2D eigenvalue weighted by Crippen LogP contribution is 2.32. The monoisotopic (exact) mass is 158 g/mol. The van der Waals surface area contributed by atoms with Crippen LogP contribution in [0.2, 0.25) is 0 Å². The lowest BCUT2D eigenvalue weighted by molar-refractivity contribution is 0.829. The van der Waals surface area contributed by atoms with Gasteiger partial charge in [-0.1, -0.05) is 0 Å². The average molecular weight is 158 g/mol. The highest BCUT2D eigenvalue weighted by atomic mass is 14.7. The van der Waals surface area contributed by atoms with Crippen molar-refractivity contribution in [1.29, 1.82) is 5.26 Å². The SMILES string of the molecule is N#Cc1cc(CC2CC2)ccn1. The third-order valence-electron chi connectivity index (χ3n) is 2.16. The fourth-order valence-corrected chi connectivity index (χ4v) is 1.32. The summed E-state index contributed by atoms with van der Waals surface area (Å²) in [6.07, 6.45) is 5.54. The Morgan fingerprint density at radius 3 is 3.08 bits per heavy atom. The van der Waals surface area contributed by atoms with E-state index in [0.29, 0.717) is 5.69 Å². The number of pyridine rings is 1. The maximum atomic E-state index is 8.60. The number of nitrogens with zero attached hydrogens (tertiary/aromatic N) is 2. The van der Waals surface area contributed by atoms with E-state index in [9.17, 15) is 0 Å². The zero-order valence-corrected chi connectivity index (χ0v) is 6.83. The Bertz CT molecular complexity index is 321. The Kier molecular flexibility index (Phi) is 1.79. The Labute approximate surface area is 71.9 Å². The van der Waals surface area contributed by atoms with Crippen LogP contribution in [0, 0.1) is 17.2 Å². The standard InChI is InChI=1S/C10H10N2/c11-7-10-6-9(3-4-12-10)5-8-1-2-8/h3-4,6,8H,1-2,5H2. The van der Waals surface area contributed by atoms with Gasteiger partial charge in [0.05, 0.1) is 0 Å². The Balaban J connectivity index is 2.15. The van der Waals surface area contributed by atoms with E-state index >= 15 is 0 Å². The topological polar surface area (TPSA) is 36.7 Å². The van der Waals surface area contributed by atoms with Crippen LogP contribution in [0.15, 0.2) is 18.3 Å². The van der Waals surface area contributed by atoms with E-state index in [4.69, 9.17) is 5.26 Å². The number of aromatic nitrogens is 1. The molecule has 0 atom stereocenters. The van der Waals surface area contributed by atoms with Crippen molar-refractivity contribution < 1.29 is 0 Å². The first kappa shape index (κ1) is 7.30. The van der Waals surface area contributed by atoms with Gasteiger partial charge in [0.1, 0.15) is 11.8 Å². The lowest BCUT2D eigenvalue weighted by atomic mass is 10.1. The molecule has 2 rings (SSSR count). The molecule has 0 aliphatic heterocycles. The molecular formula is C10H10N2. The molecule has 1 saturated carbocycles. The molecule has 2 nitrogen and oxygen atoms in total. The normalized spacial score (nSPS) is 15.6. The molecular weight excluding hydrogens is 148 g/mol. The van der Waals surface area contributed by atoms with Gasteiger partial charge in [-0.2, -0.15) is 5.26 Å². The zero-order valence-electron chi connectivity index (χ0n) is 6.83. The summed E-state index contributed by atoms with van der Waals surface area (Å²) in [4.78, 5) is 3.92. The molecule has 1 heterocycles. The van der Waals surface area contributed by atoms with Crippen LogP contribution in [0.5, 0.6) is 0 Å². The van der Waals surface area contributed by atoms with E-state index in [1.807, 2.05) is 18.2 Å². The van der Waals surface area contributed by atoms with Crippen LogP contribution in [-0.2, 0) is 6.42 Å². The molecule has 1 aromatic heterocycles. The van der Waals surface area contributed by atoms with Crippen LogP contribution < -0.4 is 0 Å². The summed E-state index contributed by atoms with van der Waals surface area (Å²) in [6, 6.07) is 5.94. The maximum absolute atomic E-state index is 8.60. The quantitative estimate of drug-likeness (QED) is 0.659. The minimum atomic E-state index is 0.535. The van der Waals surface area contributed by atoms with Gasteiger partial charge in [-0.25, -0.2) is 4.98 Å². The van der Waals surface area contributed by atoms with E-state index in [0.717, 1.165) is 12.3 Å². The first-order chi connectivity index (χ1) is 5.88. The van der Waals surface area contributed by atoms with Crippen molar-refractivity contribution in [3.63, 3.8) is 0 Å². The van der Waals surface area contributed by atoms with Crippen molar-refractivity contribution in [2.75, 3.05) is 0 Å². The van der Waals surface area contributed by atoms with Crippen LogP contribution in [-0.4, -0.2) is 4.98 Å². The van der Waals surface area contributed by atoms with E-state index in [-0.39, 0.29) is 0 Å². The third kappa shape index (κ3) is 1.62. The molecule has 1 fully saturated rings. The van der Waals surface area contributed by atoms with Gasteiger partial charge in [-0.05, 0) is 42.9 Å². The molecule has 60 valence electrons. The number of rotatable bonds is 2. The largest absolute Gasteiger partial charge is 0.246 e. The summed E-state index contributed by atoms with van der Waals surface area (Å²) in [7, 11) is 0. The first-order valence-corrected chi connectivity index (χ1v) is 4.23. The van der Waals surface area contributed by atoms with Crippen molar-refractivity contribution in [3.8, 4) is 6.07 Å². The highest BCUT2D eigenvalue weighted by molar-refractivity contribution is 5.26. The second-order valence-electron chi connectivity index (χ2n) is 3.31. The van der Waals surface area contributed by atoms with Crippen molar-refractivity contribution in [3.05, 3.63) is 29.6 Å². The smallest absolute Gasteiger partial charge is 0.140 e. The summed E-state index contributed by atoms with van der Waals surface area (Å²) >= 11 is 0. The van der Waals surface area contributed by atoms with Crippen LogP contribution in [0.1, 0.15) is 24.1 Å². The molecule has 1 aliphatic rings. The molecule has 0 bridgehead atoms. The molecule has 1 aromatic rings. The number of nitriles is 1. The average Bonchev–Trinajstić information content (AvgIpc) is 2.89. The van der Waals surface area contributed by atoms with E-state index < -0.39 is 0 Å². The Hall–Kier alpha value is -1.36. The third-order valence-corrected chi connectivity index (χ3v) is 2.16. The van der Waals surface area contributed by atoms with Gasteiger partial charge in [0, 0.05) is 6.20 Å². The lowest BCUT2D eigenvalue weighted by Gasteiger charge is -1.97. The summed E-state index contributed by atoms with van der Waals surface area (Å²) in [5.41, 5.74) is 1.79. The van der Waals surface area contributed by atoms with Crippen LogP contribution in [0.25, 0.3) is 0 Å². The van der Waals surface area contributed by atoms with Crippen LogP contribution >= 0.6 is 0 Å². The molecule has 0 N–H and O–H groups in total. The van der Waals surface area contributed by atoms with Gasteiger partial charge >= 0.3 is 0 Å². The van der Waals surface area contributed by atoms with Crippen LogP contribution in [0.4, 0.5) is 0 Å². The van der Waals surface area contributed by atoms with Crippen molar-refractivity contribution >= 4 is 0 Å². The molecule has 0 aromatic carbocycles. The summed E-state index contributed by atoms with van der Waals surface area (Å²) < 4.78 is 0. The minimum absolute atomic E-state index is 0.535. The first-order valence-electron chi connectivity index (χ1n) is 4.23. The number of hydrogen-bond donors (Lipinski definition) is 0. The lowest BCUT2D eigenvalue weighted by Crippen LogP contribution is -1.89. The molecule has 0 radical (unpaired) electrons. The fraction of sp³-hybridized carbons (Fsp3) is 0.400. The summed E-state index contributed by atoms with van der Waals surface area (Å²) in [6.45, 7) is 0. The van der Waals surface area contributed by atoms with E-state index in [1.54, 1.807) is 6.20 Å². The fourth-order valence-electron chi connectivity index (χ4n) is 1.32. The Morgan fingerprint density at radius 2 is 2.42 bits per heavy atom. The molecule has 12 heavy (non-hydrogen) atoms. The van der Waals surface area contributed by atoms with Crippen molar-refractivity contribution in [1.82, 2.24) is 4.98 Å². The Morgan fingerprint density at radius 1 is 1.58 bits per heavy atom. The van der Waals surface area contributed by atoms with Gasteiger partial charge in [0.25, 0.3) is 0 Å². The van der Waals surface area contributed by atoms with Crippen molar-refractivity contribution in [2.45, 2.75) is 19.3 Å². The molecule has 0 unspecified atom stereocenters. The van der Waals surface area contributed by atoms with E-state index in [1.165, 1.54) is 18.4 Å². The summed E-state index contributed by atoms with van der Waals surface area (Å²) in [5, 5.41) is 8.60. The molecule has 0 saturated heterocycles. The van der Waals surface area contributed by atoms with Gasteiger partial charge in [-0.15, -0.1) is 0 Å². The van der Waals surface area contributed by atoms with Crippen molar-refractivity contribution in [2.24, 2.45) is 5.92 Å². The van der Waals surface area contributed by atoms with E-state index in [2.05, 4.69) is 4.98 Å². The maximum Gasteiger partial charge on any atom is 0.140 e. The molecule has 0 spiro atoms. The highest BCUT2D eigenvalue weighted by Gasteiger charge is 2.21. The predicted octanol–water partition coefficient (Wildman–Crippen LogP) is 1.91. The van der Waals surface area contributed by atoms with Gasteiger partial charge < -0.3 is 0 Å². The molecule has 1 aliphatic carbocycles. The second-order valence-corrected chi connectivity index (χ2v) is 3.31. The number of hydrogen-bond acceptors (Lipinski definition) is 2. The predicted molar refractivity (Wildman–Crippen MR) is 45.4 cm³/mol. The molecule has 0 amide bonds. The second kappa shape index (κ2) is 2.94. The van der Waals surface area contributed by atoms with Gasteiger partial charge in [0.2, 0.25) is 0 Å². The van der Waals surface area contributed by atoms with Gasteiger partial charge in [0.15, 0.2) is 0 Å². The van der Waals surface area contributed by atoms with Gasteiger partial charge in [-0.3, -0.25) is 0 Å². The molecule has 2 heteroatoms.